The number of carbonyl (C=O) groups excluding carboxylic acids is 1. The molecular weight excluding hydrogens is 266 g/mol. The van der Waals surface area contributed by atoms with Crippen LogP contribution in [-0.2, 0) is 0 Å². The van der Waals surface area contributed by atoms with Gasteiger partial charge in [-0.3, -0.25) is 9.78 Å². The minimum atomic E-state index is -0.262. The van der Waals surface area contributed by atoms with Crippen LogP contribution in [-0.4, -0.2) is 23.7 Å². The van der Waals surface area contributed by atoms with E-state index in [0.717, 1.165) is 17.7 Å². The van der Waals surface area contributed by atoms with Crippen LogP contribution in [0.1, 0.15) is 29.3 Å². The minimum Gasteiger partial charge on any atom is -0.494 e. The number of ether oxygens (including phenoxy) is 1. The summed E-state index contributed by atoms with van der Waals surface area (Å²) in [6.07, 6.45) is 5.85. The number of amides is 1. The molecule has 108 valence electrons. The fraction of sp³-hybridized carbons (Fsp3) is 0.188. The summed E-state index contributed by atoms with van der Waals surface area (Å²) in [6, 6.07) is 10.6. The van der Waals surface area contributed by atoms with Crippen molar-refractivity contribution in [3.05, 3.63) is 59.9 Å². The minimum absolute atomic E-state index is 0.262. The Hall–Kier alpha value is -2.69. The second-order valence-corrected chi connectivity index (χ2v) is 4.35. The summed E-state index contributed by atoms with van der Waals surface area (Å²) in [5.41, 5.74) is 3.88. The average molecular weight is 283 g/mol. The maximum atomic E-state index is 11.9. The Morgan fingerprint density at radius 2 is 1.95 bits per heavy atom. The van der Waals surface area contributed by atoms with E-state index < -0.39 is 0 Å². The lowest BCUT2D eigenvalue weighted by Gasteiger charge is -2.05. The van der Waals surface area contributed by atoms with Crippen molar-refractivity contribution in [1.82, 2.24) is 10.4 Å². The van der Waals surface area contributed by atoms with Gasteiger partial charge in [-0.05, 0) is 48.4 Å². The van der Waals surface area contributed by atoms with E-state index in [4.69, 9.17) is 4.74 Å². The number of pyridine rings is 1. The van der Waals surface area contributed by atoms with Crippen molar-refractivity contribution in [1.29, 1.82) is 0 Å². The van der Waals surface area contributed by atoms with E-state index in [0.29, 0.717) is 12.2 Å². The maximum Gasteiger partial charge on any atom is 0.271 e. The Morgan fingerprint density at radius 1 is 1.24 bits per heavy atom. The van der Waals surface area contributed by atoms with Crippen molar-refractivity contribution in [3.63, 3.8) is 0 Å². The van der Waals surface area contributed by atoms with Crippen LogP contribution in [0, 0.1) is 0 Å². The summed E-state index contributed by atoms with van der Waals surface area (Å²) >= 11 is 0. The molecule has 1 heterocycles. The van der Waals surface area contributed by atoms with Crippen LogP contribution in [0.4, 0.5) is 0 Å². The summed E-state index contributed by atoms with van der Waals surface area (Å²) in [6.45, 7) is 2.71. The molecule has 5 nitrogen and oxygen atoms in total. The molecule has 0 unspecified atom stereocenters. The summed E-state index contributed by atoms with van der Waals surface area (Å²) in [4.78, 5) is 15.8. The van der Waals surface area contributed by atoms with Crippen LogP contribution in [0.15, 0.2) is 53.9 Å². The molecule has 0 aliphatic heterocycles. The summed E-state index contributed by atoms with van der Waals surface area (Å²) in [5.74, 6) is 0.496. The number of aromatic nitrogens is 1. The van der Waals surface area contributed by atoms with Crippen LogP contribution in [0.25, 0.3) is 0 Å². The summed E-state index contributed by atoms with van der Waals surface area (Å²) < 4.78 is 5.46. The zero-order valence-electron chi connectivity index (χ0n) is 11.8. The predicted octanol–water partition coefficient (Wildman–Crippen LogP) is 2.63. The van der Waals surface area contributed by atoms with Gasteiger partial charge in [0.05, 0.1) is 12.8 Å². The first-order chi connectivity index (χ1) is 10.3. The highest BCUT2D eigenvalue weighted by Crippen LogP contribution is 2.12. The molecule has 0 bridgehead atoms. The highest BCUT2D eigenvalue weighted by molar-refractivity contribution is 5.94. The van der Waals surface area contributed by atoms with Gasteiger partial charge in [0.25, 0.3) is 5.91 Å². The van der Waals surface area contributed by atoms with Gasteiger partial charge in [0.2, 0.25) is 0 Å². The molecule has 0 saturated carbocycles. The Labute approximate surface area is 123 Å². The molecule has 0 saturated heterocycles. The number of hydrogen-bond donors (Lipinski definition) is 1. The third-order valence-corrected chi connectivity index (χ3v) is 2.68. The van der Waals surface area contributed by atoms with Gasteiger partial charge in [-0.2, -0.15) is 5.10 Å². The third-order valence-electron chi connectivity index (χ3n) is 2.68. The SMILES string of the molecule is CCCOc1ccc(C(=O)N/N=C/c2ccncc2)cc1. The van der Waals surface area contributed by atoms with Crippen LogP contribution in [0.5, 0.6) is 5.75 Å². The highest BCUT2D eigenvalue weighted by atomic mass is 16.5. The van der Waals surface area contributed by atoms with E-state index in [1.165, 1.54) is 0 Å². The summed E-state index contributed by atoms with van der Waals surface area (Å²) in [5, 5.41) is 3.91. The largest absolute Gasteiger partial charge is 0.494 e. The van der Waals surface area contributed by atoms with Crippen molar-refractivity contribution in [2.75, 3.05) is 6.61 Å². The summed E-state index contributed by atoms with van der Waals surface area (Å²) in [7, 11) is 0. The monoisotopic (exact) mass is 283 g/mol. The number of nitrogens with one attached hydrogen (secondary N) is 1. The molecule has 0 aliphatic carbocycles. The quantitative estimate of drug-likeness (QED) is 0.654. The molecular formula is C16H17N3O2. The molecule has 0 spiro atoms. The maximum absolute atomic E-state index is 11.9. The molecule has 1 amide bonds. The second kappa shape index (κ2) is 7.79. The number of rotatable bonds is 6. The topological polar surface area (TPSA) is 63.6 Å². The van der Waals surface area contributed by atoms with Gasteiger partial charge in [0, 0.05) is 18.0 Å². The van der Waals surface area contributed by atoms with E-state index in [2.05, 4.69) is 15.5 Å². The van der Waals surface area contributed by atoms with Gasteiger partial charge in [0.15, 0.2) is 0 Å². The van der Waals surface area contributed by atoms with Crippen LogP contribution >= 0.6 is 0 Å². The van der Waals surface area contributed by atoms with Gasteiger partial charge in [-0.15, -0.1) is 0 Å². The number of benzene rings is 1. The molecule has 5 heteroatoms. The van der Waals surface area contributed by atoms with Gasteiger partial charge in [-0.25, -0.2) is 5.43 Å². The van der Waals surface area contributed by atoms with Crippen LogP contribution in [0.2, 0.25) is 0 Å². The van der Waals surface area contributed by atoms with Gasteiger partial charge in [0.1, 0.15) is 5.75 Å². The molecule has 0 fully saturated rings. The number of carbonyl (C=O) groups is 1. The molecule has 1 aromatic heterocycles. The molecule has 0 aliphatic rings. The van der Waals surface area contributed by atoms with Crippen molar-refractivity contribution < 1.29 is 9.53 Å². The second-order valence-electron chi connectivity index (χ2n) is 4.35. The first-order valence-electron chi connectivity index (χ1n) is 6.76. The van der Waals surface area contributed by atoms with Crippen molar-refractivity contribution in [2.24, 2.45) is 5.10 Å². The third kappa shape index (κ3) is 4.72. The molecule has 0 atom stereocenters. The number of nitrogens with zero attached hydrogens (tertiary/aromatic N) is 2. The highest BCUT2D eigenvalue weighted by Gasteiger charge is 2.04. The normalized spacial score (nSPS) is 10.5. The van der Waals surface area contributed by atoms with Gasteiger partial charge >= 0.3 is 0 Å². The smallest absolute Gasteiger partial charge is 0.271 e. The average Bonchev–Trinajstić information content (AvgIpc) is 2.54. The van der Waals surface area contributed by atoms with Crippen molar-refractivity contribution in [3.8, 4) is 5.75 Å². The van der Waals surface area contributed by atoms with Crippen molar-refractivity contribution in [2.45, 2.75) is 13.3 Å². The zero-order valence-corrected chi connectivity index (χ0v) is 11.8. The lowest BCUT2D eigenvalue weighted by Crippen LogP contribution is -2.17. The first-order valence-corrected chi connectivity index (χ1v) is 6.76. The molecule has 2 aromatic rings. The zero-order chi connectivity index (χ0) is 14.9. The Kier molecular flexibility index (Phi) is 5.46. The lowest BCUT2D eigenvalue weighted by atomic mass is 10.2. The van der Waals surface area contributed by atoms with Crippen molar-refractivity contribution >= 4 is 12.1 Å². The predicted molar refractivity (Wildman–Crippen MR) is 81.5 cm³/mol. The fourth-order valence-electron chi connectivity index (χ4n) is 1.60. The Balaban J connectivity index is 1.90. The molecule has 1 aromatic carbocycles. The van der Waals surface area contributed by atoms with Crippen LogP contribution < -0.4 is 10.2 Å². The van der Waals surface area contributed by atoms with E-state index in [9.17, 15) is 4.79 Å². The molecule has 2 rings (SSSR count). The van der Waals surface area contributed by atoms with Gasteiger partial charge in [-0.1, -0.05) is 6.92 Å². The van der Waals surface area contributed by atoms with Gasteiger partial charge < -0.3 is 4.74 Å². The van der Waals surface area contributed by atoms with E-state index >= 15 is 0 Å². The van der Waals surface area contributed by atoms with E-state index in [1.807, 2.05) is 6.92 Å². The Bertz CT molecular complexity index is 595. The van der Waals surface area contributed by atoms with E-state index in [-0.39, 0.29) is 5.91 Å². The Morgan fingerprint density at radius 3 is 2.62 bits per heavy atom. The van der Waals surface area contributed by atoms with Crippen LogP contribution in [0.3, 0.4) is 0 Å². The number of hydrazone groups is 1. The first kappa shape index (κ1) is 14.7. The lowest BCUT2D eigenvalue weighted by molar-refractivity contribution is 0.0955. The molecule has 1 N–H and O–H groups in total. The van der Waals surface area contributed by atoms with E-state index in [1.54, 1.807) is 55.0 Å². The number of hydrogen-bond acceptors (Lipinski definition) is 4. The molecule has 21 heavy (non-hydrogen) atoms. The standard InChI is InChI=1S/C16H17N3O2/c1-2-11-21-15-5-3-14(4-6-15)16(20)19-18-12-13-7-9-17-10-8-13/h3-10,12H,2,11H2,1H3,(H,19,20)/b18-12+. The fourth-order valence-corrected chi connectivity index (χ4v) is 1.60. The molecule has 0 radical (unpaired) electrons.